The summed E-state index contributed by atoms with van der Waals surface area (Å²) in [5.41, 5.74) is 0. The van der Waals surface area contributed by atoms with Gasteiger partial charge in [-0.3, -0.25) is 0 Å². The van der Waals surface area contributed by atoms with E-state index in [0.717, 1.165) is 16.0 Å². The number of hydrogen-bond donors (Lipinski definition) is 0. The zero-order valence-corrected chi connectivity index (χ0v) is 15.0. The molecule has 5 nitrogen and oxygen atoms in total. The standard InChI is InChI=1S/C21H14N2O3S/c1-2-5-15-12-16(8-7-14(15)4-1)24-13-17-9-10-18(25-17)21-22-20(23-26-21)19-6-3-11-27-19/h1-12H,13H2. The first-order valence-electron chi connectivity index (χ1n) is 8.43. The van der Waals surface area contributed by atoms with Crippen molar-refractivity contribution >= 4 is 22.1 Å². The van der Waals surface area contributed by atoms with Crippen LogP contribution >= 0.6 is 11.3 Å². The van der Waals surface area contributed by atoms with Gasteiger partial charge in [0.25, 0.3) is 5.89 Å². The lowest BCUT2D eigenvalue weighted by Crippen LogP contribution is -1.93. The maximum Gasteiger partial charge on any atom is 0.293 e. The Hall–Kier alpha value is -3.38. The Morgan fingerprint density at radius 2 is 1.85 bits per heavy atom. The predicted molar refractivity (Wildman–Crippen MR) is 104 cm³/mol. The first kappa shape index (κ1) is 15.8. The van der Waals surface area contributed by atoms with E-state index in [-0.39, 0.29) is 0 Å². The molecule has 0 fully saturated rings. The summed E-state index contributed by atoms with van der Waals surface area (Å²) in [5, 5.41) is 8.30. The van der Waals surface area contributed by atoms with Crippen LogP contribution in [0.15, 0.2) is 81.1 Å². The van der Waals surface area contributed by atoms with Crippen LogP contribution in [0.5, 0.6) is 5.75 Å². The van der Waals surface area contributed by atoms with Gasteiger partial charge in [-0.15, -0.1) is 11.3 Å². The van der Waals surface area contributed by atoms with E-state index in [2.05, 4.69) is 22.3 Å². The number of nitrogens with zero attached hydrogens (tertiary/aromatic N) is 2. The first-order valence-corrected chi connectivity index (χ1v) is 9.31. The molecule has 0 spiro atoms. The Labute approximate surface area is 158 Å². The molecular weight excluding hydrogens is 360 g/mol. The van der Waals surface area contributed by atoms with Crippen LogP contribution in [0.2, 0.25) is 0 Å². The van der Waals surface area contributed by atoms with Crippen molar-refractivity contribution in [2.24, 2.45) is 0 Å². The van der Waals surface area contributed by atoms with E-state index in [1.807, 2.05) is 60.0 Å². The number of hydrogen-bond acceptors (Lipinski definition) is 6. The van der Waals surface area contributed by atoms with Gasteiger partial charge in [-0.2, -0.15) is 4.98 Å². The molecule has 27 heavy (non-hydrogen) atoms. The third kappa shape index (κ3) is 3.22. The fraction of sp³-hybridized carbons (Fsp3) is 0.0476. The minimum atomic E-state index is 0.324. The van der Waals surface area contributed by atoms with Crippen LogP contribution in [0.3, 0.4) is 0 Å². The minimum Gasteiger partial charge on any atom is -0.486 e. The van der Waals surface area contributed by atoms with Crippen molar-refractivity contribution in [2.75, 3.05) is 0 Å². The number of aromatic nitrogens is 2. The SMILES string of the molecule is c1csc(-c2noc(-c3ccc(COc4ccc5ccccc5c4)o3)n2)c1. The molecule has 3 aromatic heterocycles. The summed E-state index contributed by atoms with van der Waals surface area (Å²) < 4.78 is 17.0. The highest BCUT2D eigenvalue weighted by atomic mass is 32.1. The third-order valence-corrected chi connectivity index (χ3v) is 5.01. The number of rotatable bonds is 5. The van der Waals surface area contributed by atoms with Gasteiger partial charge in [-0.25, -0.2) is 0 Å². The molecule has 0 radical (unpaired) electrons. The Bertz CT molecular complexity index is 1190. The van der Waals surface area contributed by atoms with Crippen molar-refractivity contribution in [2.45, 2.75) is 6.61 Å². The number of thiophene rings is 1. The lowest BCUT2D eigenvalue weighted by atomic mass is 10.1. The highest BCUT2D eigenvalue weighted by Gasteiger charge is 2.15. The van der Waals surface area contributed by atoms with Gasteiger partial charge in [0.05, 0.1) is 4.88 Å². The lowest BCUT2D eigenvalue weighted by molar-refractivity contribution is 0.270. The van der Waals surface area contributed by atoms with Crippen molar-refractivity contribution in [1.82, 2.24) is 10.1 Å². The van der Waals surface area contributed by atoms with Crippen LogP contribution in [0.4, 0.5) is 0 Å². The molecule has 0 aliphatic carbocycles. The molecule has 132 valence electrons. The molecule has 0 unspecified atom stereocenters. The fourth-order valence-electron chi connectivity index (χ4n) is 2.81. The predicted octanol–water partition coefficient (Wildman–Crippen LogP) is 5.79. The number of ether oxygens (including phenoxy) is 1. The second-order valence-electron chi connectivity index (χ2n) is 5.96. The highest BCUT2D eigenvalue weighted by Crippen LogP contribution is 2.27. The maximum atomic E-state index is 5.85. The molecule has 0 aliphatic rings. The van der Waals surface area contributed by atoms with E-state index in [4.69, 9.17) is 13.7 Å². The summed E-state index contributed by atoms with van der Waals surface area (Å²) in [6.07, 6.45) is 0. The molecule has 5 aromatic rings. The average molecular weight is 374 g/mol. The molecule has 3 heterocycles. The van der Waals surface area contributed by atoms with Gasteiger partial charge < -0.3 is 13.7 Å². The zero-order valence-electron chi connectivity index (χ0n) is 14.2. The van der Waals surface area contributed by atoms with Crippen LogP contribution in [-0.2, 0) is 6.61 Å². The van der Waals surface area contributed by atoms with E-state index in [9.17, 15) is 0 Å². The largest absolute Gasteiger partial charge is 0.486 e. The Morgan fingerprint density at radius 3 is 2.74 bits per heavy atom. The summed E-state index contributed by atoms with van der Waals surface area (Å²) in [5.74, 6) is 2.93. The zero-order chi connectivity index (χ0) is 18.1. The molecule has 0 N–H and O–H groups in total. The highest BCUT2D eigenvalue weighted by molar-refractivity contribution is 7.13. The molecule has 0 saturated heterocycles. The fourth-order valence-corrected chi connectivity index (χ4v) is 3.46. The molecule has 0 atom stereocenters. The van der Waals surface area contributed by atoms with E-state index in [1.54, 1.807) is 11.3 Å². The summed E-state index contributed by atoms with van der Waals surface area (Å²) >= 11 is 1.56. The number of fused-ring (bicyclic) bond motifs is 1. The second-order valence-corrected chi connectivity index (χ2v) is 6.91. The minimum absolute atomic E-state index is 0.324. The van der Waals surface area contributed by atoms with Gasteiger partial charge >= 0.3 is 0 Å². The van der Waals surface area contributed by atoms with Gasteiger partial charge in [0.1, 0.15) is 18.1 Å². The van der Waals surface area contributed by atoms with Crippen LogP contribution < -0.4 is 4.74 Å². The molecule has 0 saturated carbocycles. The van der Waals surface area contributed by atoms with Crippen molar-refractivity contribution < 1.29 is 13.7 Å². The van der Waals surface area contributed by atoms with Crippen LogP contribution in [0.25, 0.3) is 33.1 Å². The lowest BCUT2D eigenvalue weighted by Gasteiger charge is -2.05. The van der Waals surface area contributed by atoms with Crippen molar-refractivity contribution in [3.8, 4) is 28.1 Å². The van der Waals surface area contributed by atoms with Crippen LogP contribution in [-0.4, -0.2) is 10.1 Å². The monoisotopic (exact) mass is 374 g/mol. The molecule has 5 rings (SSSR count). The smallest absolute Gasteiger partial charge is 0.293 e. The molecule has 6 heteroatoms. The van der Waals surface area contributed by atoms with Gasteiger partial charge in [0.2, 0.25) is 5.82 Å². The first-order chi connectivity index (χ1) is 13.3. The van der Waals surface area contributed by atoms with E-state index in [1.165, 1.54) is 5.39 Å². The summed E-state index contributed by atoms with van der Waals surface area (Å²) in [7, 11) is 0. The Balaban J connectivity index is 1.30. The topological polar surface area (TPSA) is 61.3 Å². The van der Waals surface area contributed by atoms with Crippen molar-refractivity contribution in [3.05, 3.63) is 77.9 Å². The molecule has 2 aromatic carbocycles. The van der Waals surface area contributed by atoms with Crippen LogP contribution in [0, 0.1) is 0 Å². The van der Waals surface area contributed by atoms with Gasteiger partial charge in [-0.05, 0) is 46.5 Å². The Kier molecular flexibility index (Phi) is 3.95. The normalized spacial score (nSPS) is 11.1. The molecular formula is C21H14N2O3S. The molecule has 0 amide bonds. The van der Waals surface area contributed by atoms with E-state index < -0.39 is 0 Å². The summed E-state index contributed by atoms with van der Waals surface area (Å²) in [4.78, 5) is 5.34. The number of furan rings is 1. The van der Waals surface area contributed by atoms with Crippen LogP contribution in [0.1, 0.15) is 5.76 Å². The van der Waals surface area contributed by atoms with E-state index in [0.29, 0.717) is 29.8 Å². The number of benzene rings is 2. The van der Waals surface area contributed by atoms with Crippen molar-refractivity contribution in [1.29, 1.82) is 0 Å². The molecule has 0 bridgehead atoms. The van der Waals surface area contributed by atoms with Gasteiger partial charge in [0, 0.05) is 0 Å². The summed E-state index contributed by atoms with van der Waals surface area (Å²) in [6, 6.07) is 21.8. The van der Waals surface area contributed by atoms with E-state index >= 15 is 0 Å². The second kappa shape index (κ2) is 6.74. The van der Waals surface area contributed by atoms with Gasteiger partial charge in [-0.1, -0.05) is 41.6 Å². The van der Waals surface area contributed by atoms with Crippen molar-refractivity contribution in [3.63, 3.8) is 0 Å². The average Bonchev–Trinajstić information content (AvgIpc) is 3.47. The maximum absolute atomic E-state index is 5.85. The Morgan fingerprint density at radius 1 is 0.926 bits per heavy atom. The van der Waals surface area contributed by atoms with Gasteiger partial charge in [0.15, 0.2) is 5.76 Å². The third-order valence-electron chi connectivity index (χ3n) is 4.14. The summed E-state index contributed by atoms with van der Waals surface area (Å²) in [6.45, 7) is 0.324. The quantitative estimate of drug-likeness (QED) is 0.390. The molecule has 0 aliphatic heterocycles.